The molecular weight excluding hydrogens is 431 g/mol. The van der Waals surface area contributed by atoms with E-state index in [1.54, 1.807) is 58.3 Å². The molecule has 1 saturated heterocycles. The van der Waals surface area contributed by atoms with Crippen LogP contribution in [-0.4, -0.2) is 53.6 Å². The Bertz CT molecular complexity index is 1170. The van der Waals surface area contributed by atoms with Crippen LogP contribution in [-0.2, 0) is 0 Å². The third-order valence-electron chi connectivity index (χ3n) is 5.45. The molecule has 1 aliphatic heterocycles. The van der Waals surface area contributed by atoms with Crippen molar-refractivity contribution in [2.24, 2.45) is 0 Å². The van der Waals surface area contributed by atoms with Gasteiger partial charge in [0.15, 0.2) is 5.78 Å². The Balaban J connectivity index is 1.47. The molecule has 0 spiro atoms. The van der Waals surface area contributed by atoms with Crippen molar-refractivity contribution in [2.45, 2.75) is 0 Å². The molecule has 5 nitrogen and oxygen atoms in total. The van der Waals surface area contributed by atoms with Crippen LogP contribution in [0.4, 0.5) is 4.39 Å². The van der Waals surface area contributed by atoms with E-state index in [1.807, 2.05) is 6.07 Å². The van der Waals surface area contributed by atoms with Crippen molar-refractivity contribution in [1.29, 1.82) is 0 Å². The Morgan fingerprint density at radius 3 is 1.81 bits per heavy atom. The van der Waals surface area contributed by atoms with Crippen LogP contribution < -0.4 is 0 Å². The number of hydrogen-bond acceptors (Lipinski definition) is 3. The molecule has 0 atom stereocenters. The van der Waals surface area contributed by atoms with E-state index >= 15 is 0 Å². The lowest BCUT2D eigenvalue weighted by Crippen LogP contribution is -2.50. The number of rotatable bonds is 4. The predicted molar refractivity (Wildman–Crippen MR) is 120 cm³/mol. The molecule has 3 aromatic carbocycles. The summed E-state index contributed by atoms with van der Waals surface area (Å²) in [5.74, 6) is -1.28. The maximum absolute atomic E-state index is 13.3. The second-order valence-electron chi connectivity index (χ2n) is 7.45. The van der Waals surface area contributed by atoms with Gasteiger partial charge in [0.2, 0.25) is 0 Å². The molecule has 0 aromatic heterocycles. The number of halogens is 2. The van der Waals surface area contributed by atoms with Gasteiger partial charge in [0.25, 0.3) is 11.8 Å². The molecule has 2 amide bonds. The number of benzene rings is 3. The SMILES string of the molecule is O=C(c1ccccc1)c1ccccc1C(=O)N1CCN(C(=O)c2ccc(F)cc2Cl)CC1. The lowest BCUT2D eigenvalue weighted by molar-refractivity contribution is 0.0534. The first kappa shape index (κ1) is 21.7. The summed E-state index contributed by atoms with van der Waals surface area (Å²) in [4.78, 5) is 42.1. The van der Waals surface area contributed by atoms with E-state index < -0.39 is 5.82 Å². The van der Waals surface area contributed by atoms with E-state index in [-0.39, 0.29) is 28.2 Å². The molecule has 0 saturated carbocycles. The average molecular weight is 451 g/mol. The first-order valence-electron chi connectivity index (χ1n) is 10.2. The molecule has 3 aromatic rings. The summed E-state index contributed by atoms with van der Waals surface area (Å²) >= 11 is 6.02. The van der Waals surface area contributed by atoms with E-state index in [2.05, 4.69) is 0 Å². The number of hydrogen-bond donors (Lipinski definition) is 0. The number of nitrogens with zero attached hydrogens (tertiary/aromatic N) is 2. The molecule has 0 radical (unpaired) electrons. The van der Waals surface area contributed by atoms with E-state index in [0.29, 0.717) is 42.9 Å². The van der Waals surface area contributed by atoms with Crippen LogP contribution in [0.15, 0.2) is 72.8 Å². The fourth-order valence-corrected chi connectivity index (χ4v) is 3.98. The van der Waals surface area contributed by atoms with Gasteiger partial charge in [0.1, 0.15) is 5.82 Å². The Kier molecular flexibility index (Phi) is 6.32. The van der Waals surface area contributed by atoms with E-state index in [4.69, 9.17) is 11.6 Å². The van der Waals surface area contributed by atoms with Crippen molar-refractivity contribution in [1.82, 2.24) is 9.80 Å². The summed E-state index contributed by atoms with van der Waals surface area (Å²) in [6, 6.07) is 19.2. The second kappa shape index (κ2) is 9.32. The highest BCUT2D eigenvalue weighted by Gasteiger charge is 2.28. The molecule has 0 N–H and O–H groups in total. The maximum atomic E-state index is 13.3. The zero-order chi connectivity index (χ0) is 22.7. The molecule has 0 aliphatic carbocycles. The van der Waals surface area contributed by atoms with Crippen LogP contribution in [0.1, 0.15) is 36.6 Å². The lowest BCUT2D eigenvalue weighted by Gasteiger charge is -2.35. The van der Waals surface area contributed by atoms with E-state index in [9.17, 15) is 18.8 Å². The quantitative estimate of drug-likeness (QED) is 0.556. The molecule has 4 rings (SSSR count). The molecule has 0 bridgehead atoms. The fourth-order valence-electron chi connectivity index (χ4n) is 3.73. The Labute approximate surface area is 190 Å². The highest BCUT2D eigenvalue weighted by molar-refractivity contribution is 6.33. The van der Waals surface area contributed by atoms with Crippen molar-refractivity contribution in [2.75, 3.05) is 26.2 Å². The minimum absolute atomic E-state index is 0.0573. The van der Waals surface area contributed by atoms with Crippen LogP contribution in [0.3, 0.4) is 0 Å². The topological polar surface area (TPSA) is 57.7 Å². The third kappa shape index (κ3) is 4.41. The first-order valence-corrected chi connectivity index (χ1v) is 10.6. The standard InChI is InChI=1S/C25H20ClFN2O3/c26-22-16-18(27)10-11-21(22)25(32)29-14-12-28(13-15-29)24(31)20-9-5-4-8-19(20)23(30)17-6-2-1-3-7-17/h1-11,16H,12-15H2. The highest BCUT2D eigenvalue weighted by atomic mass is 35.5. The normalized spacial score (nSPS) is 13.7. The number of piperazine rings is 1. The van der Waals surface area contributed by atoms with Gasteiger partial charge in [-0.25, -0.2) is 4.39 Å². The minimum atomic E-state index is -0.509. The average Bonchev–Trinajstić information content (AvgIpc) is 2.83. The summed E-state index contributed by atoms with van der Waals surface area (Å²) in [7, 11) is 0. The summed E-state index contributed by atoms with van der Waals surface area (Å²) in [6.07, 6.45) is 0. The smallest absolute Gasteiger partial charge is 0.255 e. The molecule has 1 heterocycles. The zero-order valence-corrected chi connectivity index (χ0v) is 17.9. The van der Waals surface area contributed by atoms with Crippen molar-refractivity contribution >= 4 is 29.2 Å². The lowest BCUT2D eigenvalue weighted by atomic mass is 9.97. The van der Waals surface area contributed by atoms with Crippen LogP contribution in [0.5, 0.6) is 0 Å². The van der Waals surface area contributed by atoms with Gasteiger partial charge in [-0.3, -0.25) is 14.4 Å². The van der Waals surface area contributed by atoms with Crippen molar-refractivity contribution in [3.8, 4) is 0 Å². The van der Waals surface area contributed by atoms with Gasteiger partial charge in [-0.15, -0.1) is 0 Å². The second-order valence-corrected chi connectivity index (χ2v) is 7.86. The molecule has 7 heteroatoms. The summed E-state index contributed by atoms with van der Waals surface area (Å²) in [6.45, 7) is 1.26. The number of ketones is 1. The third-order valence-corrected chi connectivity index (χ3v) is 5.77. The van der Waals surface area contributed by atoms with Gasteiger partial charge >= 0.3 is 0 Å². The monoisotopic (exact) mass is 450 g/mol. The summed E-state index contributed by atoms with van der Waals surface area (Å²) in [5.41, 5.74) is 1.42. The van der Waals surface area contributed by atoms with Crippen LogP contribution in [0.2, 0.25) is 5.02 Å². The fraction of sp³-hybridized carbons (Fsp3) is 0.160. The van der Waals surface area contributed by atoms with Crippen molar-refractivity contribution in [3.05, 3.63) is 106 Å². The first-order chi connectivity index (χ1) is 15.5. The van der Waals surface area contributed by atoms with Gasteiger partial charge in [0.05, 0.1) is 16.1 Å². The molecule has 32 heavy (non-hydrogen) atoms. The van der Waals surface area contributed by atoms with Crippen molar-refractivity contribution < 1.29 is 18.8 Å². The van der Waals surface area contributed by atoms with Gasteiger partial charge in [-0.05, 0) is 24.3 Å². The van der Waals surface area contributed by atoms with Gasteiger partial charge in [0, 0.05) is 37.3 Å². The van der Waals surface area contributed by atoms with Crippen LogP contribution in [0, 0.1) is 5.82 Å². The van der Waals surface area contributed by atoms with Crippen molar-refractivity contribution in [3.63, 3.8) is 0 Å². The maximum Gasteiger partial charge on any atom is 0.255 e. The van der Waals surface area contributed by atoms with Crippen LogP contribution >= 0.6 is 11.6 Å². The number of amides is 2. The summed E-state index contributed by atoms with van der Waals surface area (Å²) in [5, 5.41) is 0.0573. The molecule has 1 fully saturated rings. The van der Waals surface area contributed by atoms with Gasteiger partial charge in [-0.1, -0.05) is 60.1 Å². The van der Waals surface area contributed by atoms with E-state index in [1.165, 1.54) is 12.1 Å². The molecule has 162 valence electrons. The zero-order valence-electron chi connectivity index (χ0n) is 17.1. The van der Waals surface area contributed by atoms with Gasteiger partial charge < -0.3 is 9.80 Å². The molecule has 1 aliphatic rings. The Morgan fingerprint density at radius 2 is 1.22 bits per heavy atom. The van der Waals surface area contributed by atoms with Gasteiger partial charge in [-0.2, -0.15) is 0 Å². The molecule has 0 unspecified atom stereocenters. The van der Waals surface area contributed by atoms with Crippen LogP contribution in [0.25, 0.3) is 0 Å². The predicted octanol–water partition coefficient (Wildman–Crippen LogP) is 4.31. The summed E-state index contributed by atoms with van der Waals surface area (Å²) < 4.78 is 13.3. The highest BCUT2D eigenvalue weighted by Crippen LogP contribution is 2.21. The number of carbonyl (C=O) groups excluding carboxylic acids is 3. The minimum Gasteiger partial charge on any atom is -0.335 e. The van der Waals surface area contributed by atoms with E-state index in [0.717, 1.165) is 6.07 Å². The Morgan fingerprint density at radius 1 is 0.688 bits per heavy atom. The Hall–Kier alpha value is -3.51. The molecular formula is C25H20ClFN2O3. The largest absolute Gasteiger partial charge is 0.335 e. The number of carbonyl (C=O) groups is 3.